The molecule has 0 spiro atoms. The summed E-state index contributed by atoms with van der Waals surface area (Å²) < 4.78 is 50.3. The van der Waals surface area contributed by atoms with Gasteiger partial charge in [-0.25, -0.2) is 9.37 Å². The van der Waals surface area contributed by atoms with E-state index in [0.29, 0.717) is 0 Å². The third-order valence-corrected chi connectivity index (χ3v) is 2.30. The molecule has 0 amide bonds. The second kappa shape index (κ2) is 4.65. The van der Waals surface area contributed by atoms with Crippen LogP contribution in [0.25, 0.3) is 11.3 Å². The zero-order valence-corrected chi connectivity index (χ0v) is 9.24. The molecule has 0 aliphatic rings. The molecule has 3 nitrogen and oxygen atoms in total. The highest BCUT2D eigenvalue weighted by Gasteiger charge is 2.35. The van der Waals surface area contributed by atoms with Gasteiger partial charge in [0.2, 0.25) is 0 Å². The van der Waals surface area contributed by atoms with Crippen LogP contribution in [-0.4, -0.2) is 9.97 Å². The lowest BCUT2D eigenvalue weighted by atomic mass is 10.1. The Bertz CT molecular complexity index is 642. The molecule has 0 saturated carbocycles. The number of hydrogen-bond donors (Lipinski definition) is 0. The van der Waals surface area contributed by atoms with E-state index in [1.165, 1.54) is 12.1 Å². The molecule has 0 aliphatic heterocycles. The molecule has 2 heterocycles. The molecule has 0 atom stereocenters. The third kappa shape index (κ3) is 2.68. The van der Waals surface area contributed by atoms with Crippen LogP contribution >= 0.6 is 0 Å². The first kappa shape index (κ1) is 13.0. The summed E-state index contributed by atoms with van der Waals surface area (Å²) >= 11 is 0. The van der Waals surface area contributed by atoms with Gasteiger partial charge >= 0.3 is 6.18 Å². The molecule has 0 fully saturated rings. The monoisotopic (exact) mass is 267 g/mol. The van der Waals surface area contributed by atoms with Crippen LogP contribution in [0.1, 0.15) is 11.3 Å². The fraction of sp³-hybridized carbons (Fsp3) is 0.0833. The van der Waals surface area contributed by atoms with Gasteiger partial charge in [0, 0.05) is 11.8 Å². The second-order valence-corrected chi connectivity index (χ2v) is 3.59. The summed E-state index contributed by atoms with van der Waals surface area (Å²) in [6.45, 7) is 0. The first-order valence-electron chi connectivity index (χ1n) is 5.01. The van der Waals surface area contributed by atoms with Gasteiger partial charge in [0.15, 0.2) is 5.69 Å². The number of pyridine rings is 2. The van der Waals surface area contributed by atoms with Crippen molar-refractivity contribution in [1.82, 2.24) is 9.97 Å². The van der Waals surface area contributed by atoms with Crippen molar-refractivity contribution < 1.29 is 17.6 Å². The summed E-state index contributed by atoms with van der Waals surface area (Å²) in [5.41, 5.74) is -1.40. The number of nitriles is 1. The molecule has 0 N–H and O–H groups in total. The Labute approximate surface area is 105 Å². The molecule has 2 rings (SSSR count). The summed E-state index contributed by atoms with van der Waals surface area (Å²) in [5.74, 6) is -0.566. The third-order valence-electron chi connectivity index (χ3n) is 2.30. The van der Waals surface area contributed by atoms with Crippen molar-refractivity contribution in [2.75, 3.05) is 0 Å². The van der Waals surface area contributed by atoms with Gasteiger partial charge in [-0.3, -0.25) is 4.98 Å². The van der Waals surface area contributed by atoms with E-state index in [0.717, 1.165) is 24.5 Å². The second-order valence-electron chi connectivity index (χ2n) is 3.59. The first-order chi connectivity index (χ1) is 8.91. The van der Waals surface area contributed by atoms with Gasteiger partial charge in [-0.1, -0.05) is 0 Å². The Morgan fingerprint density at radius 3 is 2.37 bits per heavy atom. The average Bonchev–Trinajstić information content (AvgIpc) is 2.38. The Balaban J connectivity index is 2.51. The van der Waals surface area contributed by atoms with Gasteiger partial charge in [0.25, 0.3) is 0 Å². The van der Waals surface area contributed by atoms with E-state index < -0.39 is 23.3 Å². The molecule has 0 aliphatic carbocycles. The van der Waals surface area contributed by atoms with Crippen LogP contribution in [0.5, 0.6) is 0 Å². The standard InChI is InChI=1S/C12H5F4N3/c13-9-1-2-10(18-6-9)8-3-7(4-17)11(19-5-8)12(14,15)16/h1-3,5-6H. The molecular formula is C12H5F4N3. The molecule has 96 valence electrons. The van der Waals surface area contributed by atoms with Crippen LogP contribution in [-0.2, 0) is 6.18 Å². The zero-order chi connectivity index (χ0) is 14.0. The van der Waals surface area contributed by atoms with Crippen molar-refractivity contribution in [1.29, 1.82) is 5.26 Å². The van der Waals surface area contributed by atoms with Gasteiger partial charge in [0.1, 0.15) is 11.9 Å². The lowest BCUT2D eigenvalue weighted by molar-refractivity contribution is -0.141. The SMILES string of the molecule is N#Cc1cc(-c2ccc(F)cn2)cnc1C(F)(F)F. The van der Waals surface area contributed by atoms with Gasteiger partial charge < -0.3 is 0 Å². The summed E-state index contributed by atoms with van der Waals surface area (Å²) in [5, 5.41) is 8.73. The normalized spacial score (nSPS) is 11.1. The van der Waals surface area contributed by atoms with E-state index >= 15 is 0 Å². The van der Waals surface area contributed by atoms with Gasteiger partial charge in [-0.05, 0) is 18.2 Å². The molecular weight excluding hydrogens is 262 g/mol. The van der Waals surface area contributed by atoms with Crippen LogP contribution in [0.2, 0.25) is 0 Å². The highest BCUT2D eigenvalue weighted by Crippen LogP contribution is 2.31. The molecule has 2 aromatic rings. The van der Waals surface area contributed by atoms with E-state index in [2.05, 4.69) is 9.97 Å². The molecule has 0 unspecified atom stereocenters. The zero-order valence-electron chi connectivity index (χ0n) is 9.24. The molecule has 0 aromatic carbocycles. The summed E-state index contributed by atoms with van der Waals surface area (Å²) in [6, 6.07) is 4.87. The molecule has 19 heavy (non-hydrogen) atoms. The van der Waals surface area contributed by atoms with E-state index in [1.54, 1.807) is 0 Å². The topological polar surface area (TPSA) is 49.6 Å². The fourth-order valence-electron chi connectivity index (χ4n) is 1.46. The Morgan fingerprint density at radius 2 is 1.84 bits per heavy atom. The fourth-order valence-corrected chi connectivity index (χ4v) is 1.46. The molecule has 0 bridgehead atoms. The summed E-state index contributed by atoms with van der Waals surface area (Å²) in [7, 11) is 0. The number of hydrogen-bond acceptors (Lipinski definition) is 3. The lowest BCUT2D eigenvalue weighted by Gasteiger charge is -2.08. The smallest absolute Gasteiger partial charge is 0.253 e. The first-order valence-corrected chi connectivity index (χ1v) is 5.01. The predicted molar refractivity (Wildman–Crippen MR) is 57.1 cm³/mol. The van der Waals surface area contributed by atoms with Gasteiger partial charge in [0.05, 0.1) is 17.5 Å². The maximum absolute atomic E-state index is 12.7. The highest BCUT2D eigenvalue weighted by molar-refractivity contribution is 5.60. The lowest BCUT2D eigenvalue weighted by Crippen LogP contribution is -2.10. The maximum atomic E-state index is 12.7. The van der Waals surface area contributed by atoms with E-state index in [9.17, 15) is 17.6 Å². The minimum atomic E-state index is -4.69. The average molecular weight is 267 g/mol. The van der Waals surface area contributed by atoms with Crippen molar-refractivity contribution in [3.63, 3.8) is 0 Å². The highest BCUT2D eigenvalue weighted by atomic mass is 19.4. The minimum absolute atomic E-state index is 0.213. The van der Waals surface area contributed by atoms with Crippen LogP contribution in [0.4, 0.5) is 17.6 Å². The van der Waals surface area contributed by atoms with E-state index in [1.807, 2.05) is 0 Å². The van der Waals surface area contributed by atoms with Crippen molar-refractivity contribution in [3.05, 3.63) is 47.7 Å². The van der Waals surface area contributed by atoms with Crippen molar-refractivity contribution in [2.24, 2.45) is 0 Å². The quantitative estimate of drug-likeness (QED) is 0.745. The number of aromatic nitrogens is 2. The number of rotatable bonds is 1. The van der Waals surface area contributed by atoms with Crippen LogP contribution in [0, 0.1) is 17.1 Å². The maximum Gasteiger partial charge on any atom is 0.434 e. The number of halogens is 4. The Morgan fingerprint density at radius 1 is 1.11 bits per heavy atom. The summed E-state index contributed by atoms with van der Waals surface area (Å²) in [6.07, 6.45) is -2.82. The van der Waals surface area contributed by atoms with Crippen LogP contribution < -0.4 is 0 Å². The molecule has 0 saturated heterocycles. The van der Waals surface area contributed by atoms with Gasteiger partial charge in [-0.2, -0.15) is 18.4 Å². The van der Waals surface area contributed by atoms with E-state index in [-0.39, 0.29) is 11.3 Å². The Hall–Kier alpha value is -2.49. The van der Waals surface area contributed by atoms with Crippen molar-refractivity contribution in [3.8, 4) is 17.3 Å². The largest absolute Gasteiger partial charge is 0.434 e. The molecule has 7 heteroatoms. The van der Waals surface area contributed by atoms with Gasteiger partial charge in [-0.15, -0.1) is 0 Å². The van der Waals surface area contributed by atoms with Crippen molar-refractivity contribution in [2.45, 2.75) is 6.18 Å². The van der Waals surface area contributed by atoms with E-state index in [4.69, 9.17) is 5.26 Å². The number of alkyl halides is 3. The van der Waals surface area contributed by atoms with Crippen molar-refractivity contribution >= 4 is 0 Å². The number of nitrogens with zero attached hydrogens (tertiary/aromatic N) is 3. The molecule has 2 aromatic heterocycles. The van der Waals surface area contributed by atoms with Crippen LogP contribution in [0.15, 0.2) is 30.6 Å². The minimum Gasteiger partial charge on any atom is -0.253 e. The summed E-state index contributed by atoms with van der Waals surface area (Å²) in [4.78, 5) is 6.95. The molecule has 0 radical (unpaired) electrons. The Kier molecular flexibility index (Phi) is 3.17. The predicted octanol–water partition coefficient (Wildman–Crippen LogP) is 3.17. The van der Waals surface area contributed by atoms with Crippen LogP contribution in [0.3, 0.4) is 0 Å².